The average Bonchev–Trinajstić information content (AvgIpc) is 2.42. The SMILES string of the molecule is CCCCOCCNC(=O)c1cnc(NC)c(Cl)c1. The van der Waals surface area contributed by atoms with Gasteiger partial charge < -0.3 is 15.4 Å². The fraction of sp³-hybridized carbons (Fsp3) is 0.538. The van der Waals surface area contributed by atoms with Crippen molar-refractivity contribution in [3.05, 3.63) is 22.8 Å². The average molecular weight is 286 g/mol. The van der Waals surface area contributed by atoms with Gasteiger partial charge in [-0.3, -0.25) is 4.79 Å². The summed E-state index contributed by atoms with van der Waals surface area (Å²) in [5, 5.41) is 6.02. The number of rotatable bonds is 8. The van der Waals surface area contributed by atoms with Gasteiger partial charge in [0.05, 0.1) is 17.2 Å². The molecule has 5 nitrogen and oxygen atoms in total. The number of aromatic nitrogens is 1. The molecule has 1 rings (SSSR count). The first-order chi connectivity index (χ1) is 9.19. The van der Waals surface area contributed by atoms with Crippen LogP contribution in [0.25, 0.3) is 0 Å². The molecule has 0 saturated carbocycles. The molecule has 1 aromatic heterocycles. The normalized spacial score (nSPS) is 10.3. The van der Waals surface area contributed by atoms with E-state index in [1.807, 2.05) is 0 Å². The molecular formula is C13H20ClN3O2. The van der Waals surface area contributed by atoms with Crippen molar-refractivity contribution >= 4 is 23.3 Å². The van der Waals surface area contributed by atoms with Crippen LogP contribution < -0.4 is 10.6 Å². The smallest absolute Gasteiger partial charge is 0.252 e. The van der Waals surface area contributed by atoms with Crippen LogP contribution in [-0.4, -0.2) is 37.7 Å². The lowest BCUT2D eigenvalue weighted by Crippen LogP contribution is -2.27. The van der Waals surface area contributed by atoms with E-state index in [9.17, 15) is 4.79 Å². The van der Waals surface area contributed by atoms with Gasteiger partial charge in [-0.15, -0.1) is 0 Å². The maximum atomic E-state index is 11.8. The number of nitrogens with one attached hydrogen (secondary N) is 2. The first kappa shape index (κ1) is 15.7. The Morgan fingerprint density at radius 3 is 2.89 bits per heavy atom. The van der Waals surface area contributed by atoms with Crippen LogP contribution in [0.15, 0.2) is 12.3 Å². The fourth-order valence-electron chi connectivity index (χ4n) is 1.43. The molecule has 0 unspecified atom stereocenters. The highest BCUT2D eigenvalue weighted by Gasteiger charge is 2.08. The fourth-order valence-corrected chi connectivity index (χ4v) is 1.69. The van der Waals surface area contributed by atoms with Crippen LogP contribution in [0.1, 0.15) is 30.1 Å². The third-order valence-corrected chi connectivity index (χ3v) is 2.80. The minimum absolute atomic E-state index is 0.198. The first-order valence-electron chi connectivity index (χ1n) is 6.38. The van der Waals surface area contributed by atoms with Crippen molar-refractivity contribution in [2.24, 2.45) is 0 Å². The second kappa shape index (κ2) is 8.72. The standard InChI is InChI=1S/C13H20ClN3O2/c1-3-4-6-19-7-5-16-13(18)10-8-11(14)12(15-2)17-9-10/h8-9H,3-7H2,1-2H3,(H,15,17)(H,16,18). The maximum absolute atomic E-state index is 11.8. The lowest BCUT2D eigenvalue weighted by atomic mass is 10.2. The second-order valence-electron chi connectivity index (χ2n) is 4.03. The number of carbonyl (C=O) groups excluding carboxylic acids is 1. The van der Waals surface area contributed by atoms with Crippen LogP contribution >= 0.6 is 11.6 Å². The molecule has 0 radical (unpaired) electrons. The topological polar surface area (TPSA) is 63.2 Å². The van der Waals surface area contributed by atoms with E-state index in [4.69, 9.17) is 16.3 Å². The van der Waals surface area contributed by atoms with Gasteiger partial charge in [0.2, 0.25) is 0 Å². The summed E-state index contributed by atoms with van der Waals surface area (Å²) in [6, 6.07) is 1.59. The van der Waals surface area contributed by atoms with Crippen LogP contribution in [0.4, 0.5) is 5.82 Å². The van der Waals surface area contributed by atoms with E-state index >= 15 is 0 Å². The maximum Gasteiger partial charge on any atom is 0.252 e. The van der Waals surface area contributed by atoms with E-state index < -0.39 is 0 Å². The number of nitrogens with zero attached hydrogens (tertiary/aromatic N) is 1. The van der Waals surface area contributed by atoms with Crippen molar-refractivity contribution in [2.45, 2.75) is 19.8 Å². The van der Waals surface area contributed by atoms with Crippen LogP contribution in [0.2, 0.25) is 5.02 Å². The summed E-state index contributed by atoms with van der Waals surface area (Å²) in [7, 11) is 1.72. The van der Waals surface area contributed by atoms with Crippen molar-refractivity contribution in [2.75, 3.05) is 32.1 Å². The van der Waals surface area contributed by atoms with Gasteiger partial charge >= 0.3 is 0 Å². The van der Waals surface area contributed by atoms with Gasteiger partial charge in [0.15, 0.2) is 0 Å². The third-order valence-electron chi connectivity index (χ3n) is 2.51. The molecule has 0 aliphatic carbocycles. The summed E-state index contributed by atoms with van der Waals surface area (Å²) < 4.78 is 5.35. The van der Waals surface area contributed by atoms with Crippen molar-refractivity contribution in [1.82, 2.24) is 10.3 Å². The highest BCUT2D eigenvalue weighted by Crippen LogP contribution is 2.19. The summed E-state index contributed by atoms with van der Waals surface area (Å²) in [4.78, 5) is 15.9. The molecule has 0 spiro atoms. The molecule has 2 N–H and O–H groups in total. The molecule has 0 fully saturated rings. The van der Waals surface area contributed by atoms with E-state index in [0.717, 1.165) is 19.4 Å². The molecule has 106 valence electrons. The second-order valence-corrected chi connectivity index (χ2v) is 4.43. The molecule has 0 saturated heterocycles. The molecule has 1 amide bonds. The number of pyridine rings is 1. The lowest BCUT2D eigenvalue weighted by Gasteiger charge is -2.07. The predicted molar refractivity (Wildman–Crippen MR) is 76.9 cm³/mol. The van der Waals surface area contributed by atoms with Crippen LogP contribution in [0.3, 0.4) is 0 Å². The number of unbranched alkanes of at least 4 members (excludes halogenated alkanes) is 1. The highest BCUT2D eigenvalue weighted by atomic mass is 35.5. The van der Waals surface area contributed by atoms with Crippen molar-refractivity contribution in [3.8, 4) is 0 Å². The summed E-state index contributed by atoms with van der Waals surface area (Å²) in [6.45, 7) is 3.84. The van der Waals surface area contributed by atoms with E-state index in [2.05, 4.69) is 22.5 Å². The molecular weight excluding hydrogens is 266 g/mol. The molecule has 0 aromatic carbocycles. The van der Waals surface area contributed by atoms with Crippen molar-refractivity contribution in [3.63, 3.8) is 0 Å². The zero-order chi connectivity index (χ0) is 14.1. The first-order valence-corrected chi connectivity index (χ1v) is 6.76. The summed E-state index contributed by atoms with van der Waals surface area (Å²) in [5.74, 6) is 0.359. The molecule has 1 heterocycles. The van der Waals surface area contributed by atoms with Crippen LogP contribution in [0.5, 0.6) is 0 Å². The predicted octanol–water partition coefficient (Wildman–Crippen LogP) is 2.32. The number of anilines is 1. The third kappa shape index (κ3) is 5.44. The highest BCUT2D eigenvalue weighted by molar-refractivity contribution is 6.33. The minimum atomic E-state index is -0.198. The van der Waals surface area contributed by atoms with Gasteiger partial charge in [-0.25, -0.2) is 4.98 Å². The monoisotopic (exact) mass is 285 g/mol. The Bertz CT molecular complexity index is 413. The minimum Gasteiger partial charge on any atom is -0.380 e. The van der Waals surface area contributed by atoms with Gasteiger partial charge in [0.1, 0.15) is 5.82 Å². The van der Waals surface area contributed by atoms with Crippen LogP contribution in [-0.2, 0) is 4.74 Å². The number of ether oxygens (including phenoxy) is 1. The van der Waals surface area contributed by atoms with E-state index in [1.54, 1.807) is 13.1 Å². The van der Waals surface area contributed by atoms with Gasteiger partial charge in [-0.05, 0) is 12.5 Å². The number of halogens is 1. The van der Waals surface area contributed by atoms with Crippen molar-refractivity contribution in [1.29, 1.82) is 0 Å². The molecule has 6 heteroatoms. The van der Waals surface area contributed by atoms with Gasteiger partial charge in [0.25, 0.3) is 5.91 Å². The molecule has 0 aliphatic heterocycles. The Hall–Kier alpha value is -1.33. The quantitative estimate of drug-likeness (QED) is 0.720. The van der Waals surface area contributed by atoms with E-state index in [1.165, 1.54) is 6.20 Å². The summed E-state index contributed by atoms with van der Waals surface area (Å²) in [5.41, 5.74) is 0.442. The van der Waals surface area contributed by atoms with Crippen LogP contribution in [0, 0.1) is 0 Å². The Morgan fingerprint density at radius 1 is 1.47 bits per heavy atom. The summed E-state index contributed by atoms with van der Waals surface area (Å²) >= 11 is 5.96. The molecule has 0 atom stereocenters. The zero-order valence-corrected chi connectivity index (χ0v) is 12.1. The van der Waals surface area contributed by atoms with Crippen molar-refractivity contribution < 1.29 is 9.53 Å². The van der Waals surface area contributed by atoms with Gasteiger partial charge in [0, 0.05) is 26.4 Å². The molecule has 1 aromatic rings. The number of carbonyl (C=O) groups is 1. The zero-order valence-electron chi connectivity index (χ0n) is 11.3. The van der Waals surface area contributed by atoms with E-state index in [0.29, 0.717) is 29.6 Å². The summed E-state index contributed by atoms with van der Waals surface area (Å²) in [6.07, 6.45) is 3.64. The Balaban J connectivity index is 2.35. The van der Waals surface area contributed by atoms with E-state index in [-0.39, 0.29) is 5.91 Å². The number of hydrogen-bond acceptors (Lipinski definition) is 4. The van der Waals surface area contributed by atoms with Gasteiger partial charge in [-0.2, -0.15) is 0 Å². The Labute approximate surface area is 118 Å². The Morgan fingerprint density at radius 2 is 2.26 bits per heavy atom. The lowest BCUT2D eigenvalue weighted by molar-refractivity contribution is 0.0912. The number of hydrogen-bond donors (Lipinski definition) is 2. The molecule has 0 bridgehead atoms. The molecule has 0 aliphatic rings. The largest absolute Gasteiger partial charge is 0.380 e. The molecule has 19 heavy (non-hydrogen) atoms. The number of amides is 1. The van der Waals surface area contributed by atoms with Gasteiger partial charge in [-0.1, -0.05) is 24.9 Å². The Kier molecular flexibility index (Phi) is 7.22.